The molecule has 0 aromatic carbocycles. The molecule has 0 aliphatic carbocycles. The molecule has 17 heavy (non-hydrogen) atoms. The summed E-state index contributed by atoms with van der Waals surface area (Å²) in [5.41, 5.74) is -0.852. The highest BCUT2D eigenvalue weighted by Gasteiger charge is 2.30. The quantitative estimate of drug-likeness (QED) is 0.820. The summed E-state index contributed by atoms with van der Waals surface area (Å²) in [6.45, 7) is 3.08. The van der Waals surface area contributed by atoms with Gasteiger partial charge in [0, 0.05) is 32.6 Å². The Balaban J connectivity index is 1.87. The number of rotatable bonds is 3. The Morgan fingerprint density at radius 1 is 1.47 bits per heavy atom. The SMILES string of the molecule is Cc1ccc(C(=O)NCC2(O)CCOCC2)o1. The van der Waals surface area contributed by atoms with Gasteiger partial charge in [0.05, 0.1) is 5.60 Å². The lowest BCUT2D eigenvalue weighted by Gasteiger charge is -2.31. The third-order valence-electron chi connectivity index (χ3n) is 2.97. The van der Waals surface area contributed by atoms with Crippen molar-refractivity contribution in [1.29, 1.82) is 0 Å². The maximum absolute atomic E-state index is 11.7. The van der Waals surface area contributed by atoms with Gasteiger partial charge in [0.2, 0.25) is 0 Å². The van der Waals surface area contributed by atoms with Crippen LogP contribution < -0.4 is 5.32 Å². The predicted octanol–water partition coefficient (Wildman–Crippen LogP) is 0.859. The minimum Gasteiger partial charge on any atom is -0.456 e. The van der Waals surface area contributed by atoms with Gasteiger partial charge in [-0.2, -0.15) is 0 Å². The monoisotopic (exact) mass is 239 g/mol. The minimum atomic E-state index is -0.852. The van der Waals surface area contributed by atoms with Crippen molar-refractivity contribution in [2.24, 2.45) is 0 Å². The molecule has 0 spiro atoms. The van der Waals surface area contributed by atoms with E-state index in [1.807, 2.05) is 0 Å². The number of amides is 1. The molecule has 1 aromatic heterocycles. The van der Waals surface area contributed by atoms with Gasteiger partial charge >= 0.3 is 0 Å². The van der Waals surface area contributed by atoms with Crippen LogP contribution in [0.1, 0.15) is 29.2 Å². The largest absolute Gasteiger partial charge is 0.456 e. The van der Waals surface area contributed by atoms with E-state index in [4.69, 9.17) is 9.15 Å². The van der Waals surface area contributed by atoms with Crippen LogP contribution in [0.15, 0.2) is 16.5 Å². The Morgan fingerprint density at radius 2 is 2.18 bits per heavy atom. The first-order valence-corrected chi connectivity index (χ1v) is 5.74. The van der Waals surface area contributed by atoms with E-state index in [0.29, 0.717) is 31.8 Å². The van der Waals surface area contributed by atoms with Gasteiger partial charge < -0.3 is 19.6 Å². The van der Waals surface area contributed by atoms with Crippen molar-refractivity contribution in [1.82, 2.24) is 5.32 Å². The van der Waals surface area contributed by atoms with Crippen LogP contribution >= 0.6 is 0 Å². The predicted molar refractivity (Wildman–Crippen MR) is 60.8 cm³/mol. The highest BCUT2D eigenvalue weighted by molar-refractivity contribution is 5.91. The Labute approximate surface area is 99.8 Å². The second-order valence-electron chi connectivity index (χ2n) is 4.43. The first-order valence-electron chi connectivity index (χ1n) is 5.74. The summed E-state index contributed by atoms with van der Waals surface area (Å²) in [7, 11) is 0. The molecule has 1 aliphatic heterocycles. The second-order valence-corrected chi connectivity index (χ2v) is 4.43. The third-order valence-corrected chi connectivity index (χ3v) is 2.97. The van der Waals surface area contributed by atoms with Crippen molar-refractivity contribution in [2.45, 2.75) is 25.4 Å². The number of carbonyl (C=O) groups excluding carboxylic acids is 1. The van der Waals surface area contributed by atoms with E-state index >= 15 is 0 Å². The number of hydrogen-bond acceptors (Lipinski definition) is 4. The number of furan rings is 1. The van der Waals surface area contributed by atoms with E-state index in [1.165, 1.54) is 0 Å². The molecule has 0 bridgehead atoms. The van der Waals surface area contributed by atoms with Gasteiger partial charge in [0.15, 0.2) is 5.76 Å². The molecule has 1 saturated heterocycles. The van der Waals surface area contributed by atoms with Crippen LogP contribution in [0.2, 0.25) is 0 Å². The summed E-state index contributed by atoms with van der Waals surface area (Å²) in [5, 5.41) is 12.8. The van der Waals surface area contributed by atoms with Crippen molar-refractivity contribution in [3.05, 3.63) is 23.7 Å². The molecule has 1 aliphatic rings. The van der Waals surface area contributed by atoms with Crippen LogP contribution in [0.5, 0.6) is 0 Å². The van der Waals surface area contributed by atoms with E-state index in [2.05, 4.69) is 5.32 Å². The summed E-state index contributed by atoms with van der Waals surface area (Å²) in [5.74, 6) is 0.677. The van der Waals surface area contributed by atoms with E-state index < -0.39 is 5.60 Å². The lowest BCUT2D eigenvalue weighted by Crippen LogP contribution is -2.46. The average Bonchev–Trinajstić information content (AvgIpc) is 2.74. The number of ether oxygens (including phenoxy) is 1. The van der Waals surface area contributed by atoms with Gasteiger partial charge in [-0.1, -0.05) is 0 Å². The van der Waals surface area contributed by atoms with E-state index in [-0.39, 0.29) is 18.2 Å². The molecule has 0 saturated carbocycles. The van der Waals surface area contributed by atoms with Crippen LogP contribution in [0.25, 0.3) is 0 Å². The van der Waals surface area contributed by atoms with Crippen molar-refractivity contribution in [2.75, 3.05) is 19.8 Å². The maximum Gasteiger partial charge on any atom is 0.287 e. The molecule has 0 atom stereocenters. The standard InChI is InChI=1S/C12H17NO4/c1-9-2-3-10(17-9)11(14)13-8-12(15)4-6-16-7-5-12/h2-3,15H,4-8H2,1H3,(H,13,14). The molecule has 94 valence electrons. The molecule has 1 amide bonds. The second kappa shape index (κ2) is 4.89. The number of aryl methyl sites for hydroxylation is 1. The number of nitrogens with one attached hydrogen (secondary N) is 1. The highest BCUT2D eigenvalue weighted by atomic mass is 16.5. The summed E-state index contributed by atoms with van der Waals surface area (Å²) >= 11 is 0. The molecule has 2 N–H and O–H groups in total. The normalized spacial score (nSPS) is 18.9. The lowest BCUT2D eigenvalue weighted by atomic mass is 9.94. The summed E-state index contributed by atoms with van der Waals surface area (Å²) in [6, 6.07) is 3.36. The average molecular weight is 239 g/mol. The number of aliphatic hydroxyl groups is 1. The zero-order chi connectivity index (χ0) is 12.3. The van der Waals surface area contributed by atoms with E-state index in [0.717, 1.165) is 0 Å². The van der Waals surface area contributed by atoms with Gasteiger partial charge in [-0.25, -0.2) is 0 Å². The first kappa shape index (κ1) is 12.1. The molecule has 1 aromatic rings. The van der Waals surface area contributed by atoms with Gasteiger partial charge in [-0.05, 0) is 19.1 Å². The van der Waals surface area contributed by atoms with Crippen molar-refractivity contribution < 1.29 is 19.1 Å². The van der Waals surface area contributed by atoms with Gasteiger partial charge in [-0.3, -0.25) is 4.79 Å². The molecule has 0 radical (unpaired) electrons. The van der Waals surface area contributed by atoms with Crippen molar-refractivity contribution >= 4 is 5.91 Å². The fourth-order valence-corrected chi connectivity index (χ4v) is 1.82. The molecular weight excluding hydrogens is 222 g/mol. The van der Waals surface area contributed by atoms with E-state index in [1.54, 1.807) is 19.1 Å². The van der Waals surface area contributed by atoms with Crippen LogP contribution in [-0.2, 0) is 4.74 Å². The molecule has 5 heteroatoms. The Bertz CT molecular complexity index is 393. The molecule has 2 heterocycles. The van der Waals surface area contributed by atoms with Crippen LogP contribution in [0, 0.1) is 6.92 Å². The zero-order valence-electron chi connectivity index (χ0n) is 9.86. The number of hydrogen-bond donors (Lipinski definition) is 2. The smallest absolute Gasteiger partial charge is 0.287 e. The molecule has 5 nitrogen and oxygen atoms in total. The Kier molecular flexibility index (Phi) is 3.49. The van der Waals surface area contributed by atoms with Crippen LogP contribution in [0.4, 0.5) is 0 Å². The summed E-state index contributed by atoms with van der Waals surface area (Å²) in [4.78, 5) is 11.7. The fraction of sp³-hybridized carbons (Fsp3) is 0.583. The minimum absolute atomic E-state index is 0.231. The third kappa shape index (κ3) is 3.08. The molecule has 0 unspecified atom stereocenters. The Morgan fingerprint density at radius 3 is 2.76 bits per heavy atom. The van der Waals surface area contributed by atoms with Crippen LogP contribution in [0.3, 0.4) is 0 Å². The van der Waals surface area contributed by atoms with Crippen molar-refractivity contribution in [3.63, 3.8) is 0 Å². The molecule has 1 fully saturated rings. The highest BCUT2D eigenvalue weighted by Crippen LogP contribution is 2.19. The van der Waals surface area contributed by atoms with Gasteiger partial charge in [-0.15, -0.1) is 0 Å². The molecule has 2 rings (SSSR count). The first-order chi connectivity index (χ1) is 8.09. The maximum atomic E-state index is 11.7. The molecular formula is C12H17NO4. The van der Waals surface area contributed by atoms with E-state index in [9.17, 15) is 9.90 Å². The lowest BCUT2D eigenvalue weighted by molar-refractivity contribution is -0.0605. The summed E-state index contributed by atoms with van der Waals surface area (Å²) in [6.07, 6.45) is 1.09. The fourth-order valence-electron chi connectivity index (χ4n) is 1.82. The topological polar surface area (TPSA) is 71.7 Å². The number of carbonyl (C=O) groups is 1. The summed E-state index contributed by atoms with van der Waals surface area (Å²) < 4.78 is 10.4. The van der Waals surface area contributed by atoms with Crippen molar-refractivity contribution in [3.8, 4) is 0 Å². The Hall–Kier alpha value is -1.33. The van der Waals surface area contributed by atoms with Crippen LogP contribution in [-0.4, -0.2) is 36.4 Å². The van der Waals surface area contributed by atoms with Gasteiger partial charge in [0.25, 0.3) is 5.91 Å². The zero-order valence-corrected chi connectivity index (χ0v) is 9.86. The van der Waals surface area contributed by atoms with Gasteiger partial charge in [0.1, 0.15) is 5.76 Å².